The lowest BCUT2D eigenvalue weighted by Crippen LogP contribution is -2.19. The third-order valence-corrected chi connectivity index (χ3v) is 3.06. The van der Waals surface area contributed by atoms with Crippen molar-refractivity contribution in [2.45, 2.75) is 32.6 Å². The average Bonchev–Trinajstić information content (AvgIpc) is 2.21. The molecule has 0 heterocycles. The minimum Gasteiger partial charge on any atom is -0.481 e. The van der Waals surface area contributed by atoms with E-state index in [0.29, 0.717) is 5.02 Å². The van der Waals surface area contributed by atoms with Crippen LogP contribution < -0.4 is 0 Å². The fourth-order valence-electron chi connectivity index (χ4n) is 2.01. The Morgan fingerprint density at radius 1 is 1.38 bits per heavy atom. The minimum atomic E-state index is -0.761. The Hall–Kier alpha value is -1.02. The second-order valence-electron chi connectivity index (χ2n) is 4.13. The number of carboxylic acids is 1. The van der Waals surface area contributed by atoms with E-state index >= 15 is 0 Å². The molecule has 1 N–H and O–H groups in total. The van der Waals surface area contributed by atoms with Crippen molar-refractivity contribution in [1.29, 1.82) is 0 Å². The van der Waals surface area contributed by atoms with E-state index in [9.17, 15) is 9.90 Å². The first-order chi connectivity index (χ1) is 7.56. The van der Waals surface area contributed by atoms with Crippen LogP contribution in [-0.4, -0.2) is 11.1 Å². The van der Waals surface area contributed by atoms with Gasteiger partial charge in [-0.2, -0.15) is 0 Å². The third-order valence-electron chi connectivity index (χ3n) is 2.81. The van der Waals surface area contributed by atoms with Gasteiger partial charge in [-0.1, -0.05) is 44.0 Å². The number of benzene rings is 1. The van der Waals surface area contributed by atoms with E-state index in [1.54, 1.807) is 24.3 Å². The first-order valence-corrected chi connectivity index (χ1v) is 5.92. The summed E-state index contributed by atoms with van der Waals surface area (Å²) in [6, 6.07) is 7.08. The molecule has 0 aliphatic rings. The molecule has 0 bridgehead atoms. The molecule has 1 aromatic rings. The number of carboxylic acid groups (broad SMARTS) is 1. The normalized spacial score (nSPS) is 14.4. The van der Waals surface area contributed by atoms with Gasteiger partial charge in [0, 0.05) is 5.02 Å². The van der Waals surface area contributed by atoms with Crippen LogP contribution in [0.3, 0.4) is 0 Å². The summed E-state index contributed by atoms with van der Waals surface area (Å²) < 4.78 is 0. The Balaban J connectivity index is 2.93. The van der Waals surface area contributed by atoms with E-state index in [-0.39, 0.29) is 5.92 Å². The van der Waals surface area contributed by atoms with Gasteiger partial charge in [-0.3, -0.25) is 4.79 Å². The predicted molar refractivity (Wildman–Crippen MR) is 65.9 cm³/mol. The van der Waals surface area contributed by atoms with Crippen molar-refractivity contribution in [2.24, 2.45) is 5.92 Å². The molecule has 0 saturated heterocycles. The molecule has 16 heavy (non-hydrogen) atoms. The van der Waals surface area contributed by atoms with E-state index in [1.807, 2.05) is 6.92 Å². The first-order valence-electron chi connectivity index (χ1n) is 5.54. The summed E-state index contributed by atoms with van der Waals surface area (Å²) >= 11 is 5.79. The molecule has 0 aliphatic heterocycles. The summed E-state index contributed by atoms with van der Waals surface area (Å²) in [4.78, 5) is 11.3. The number of carbonyl (C=O) groups is 1. The van der Waals surface area contributed by atoms with Gasteiger partial charge in [-0.15, -0.1) is 0 Å². The van der Waals surface area contributed by atoms with Crippen molar-refractivity contribution >= 4 is 17.6 Å². The van der Waals surface area contributed by atoms with Gasteiger partial charge in [0.1, 0.15) is 0 Å². The largest absolute Gasteiger partial charge is 0.481 e. The highest BCUT2D eigenvalue weighted by Gasteiger charge is 2.25. The van der Waals surface area contributed by atoms with Crippen molar-refractivity contribution in [3.05, 3.63) is 34.9 Å². The molecular weight excluding hydrogens is 224 g/mol. The molecular formula is C13H17ClO2. The van der Waals surface area contributed by atoms with Crippen LogP contribution in [0.15, 0.2) is 24.3 Å². The van der Waals surface area contributed by atoms with Gasteiger partial charge in [-0.25, -0.2) is 0 Å². The lowest BCUT2D eigenvalue weighted by atomic mass is 9.85. The topological polar surface area (TPSA) is 37.3 Å². The van der Waals surface area contributed by atoms with E-state index in [1.165, 1.54) is 0 Å². The zero-order valence-electron chi connectivity index (χ0n) is 9.61. The van der Waals surface area contributed by atoms with Gasteiger partial charge in [-0.05, 0) is 30.0 Å². The highest BCUT2D eigenvalue weighted by atomic mass is 35.5. The Morgan fingerprint density at radius 2 is 1.94 bits per heavy atom. The number of hydrogen-bond donors (Lipinski definition) is 1. The van der Waals surface area contributed by atoms with Crippen molar-refractivity contribution in [1.82, 2.24) is 0 Å². The SMILES string of the molecule is CCCC(C)C(C(=O)O)c1ccc(Cl)cc1. The molecule has 88 valence electrons. The monoisotopic (exact) mass is 240 g/mol. The van der Waals surface area contributed by atoms with Crippen molar-refractivity contribution in [3.63, 3.8) is 0 Å². The van der Waals surface area contributed by atoms with Gasteiger partial charge in [0.15, 0.2) is 0 Å². The Labute approximate surface area is 101 Å². The number of rotatable bonds is 5. The summed E-state index contributed by atoms with van der Waals surface area (Å²) in [6.45, 7) is 4.05. The molecule has 0 saturated carbocycles. The molecule has 0 fully saturated rings. The summed E-state index contributed by atoms with van der Waals surface area (Å²) in [5, 5.41) is 9.90. The summed E-state index contributed by atoms with van der Waals surface area (Å²) in [7, 11) is 0. The summed E-state index contributed by atoms with van der Waals surface area (Å²) in [5.74, 6) is -1.05. The van der Waals surface area contributed by atoms with Gasteiger partial charge in [0.05, 0.1) is 5.92 Å². The van der Waals surface area contributed by atoms with Gasteiger partial charge in [0.2, 0.25) is 0 Å². The number of aliphatic carboxylic acids is 1. The maximum Gasteiger partial charge on any atom is 0.311 e. The highest BCUT2D eigenvalue weighted by Crippen LogP contribution is 2.29. The average molecular weight is 241 g/mol. The minimum absolute atomic E-state index is 0.142. The molecule has 3 heteroatoms. The first kappa shape index (κ1) is 13.0. The van der Waals surface area contributed by atoms with Crippen LogP contribution in [0.4, 0.5) is 0 Å². The predicted octanol–water partition coefficient (Wildman–Crippen LogP) is 3.94. The Kier molecular flexibility index (Phi) is 4.81. The van der Waals surface area contributed by atoms with Crippen LogP contribution in [0.2, 0.25) is 5.02 Å². The van der Waals surface area contributed by atoms with E-state index < -0.39 is 11.9 Å². The molecule has 0 aromatic heterocycles. The summed E-state index contributed by atoms with van der Waals surface area (Å²) in [6.07, 6.45) is 1.91. The molecule has 2 nitrogen and oxygen atoms in total. The maximum atomic E-state index is 11.3. The van der Waals surface area contributed by atoms with E-state index in [2.05, 4.69) is 6.92 Å². The summed E-state index contributed by atoms with van der Waals surface area (Å²) in [5.41, 5.74) is 0.831. The third kappa shape index (κ3) is 3.24. The number of hydrogen-bond acceptors (Lipinski definition) is 1. The van der Waals surface area contributed by atoms with Crippen molar-refractivity contribution in [3.8, 4) is 0 Å². The van der Waals surface area contributed by atoms with E-state index in [4.69, 9.17) is 11.6 Å². The highest BCUT2D eigenvalue weighted by molar-refractivity contribution is 6.30. The smallest absolute Gasteiger partial charge is 0.311 e. The van der Waals surface area contributed by atoms with Crippen molar-refractivity contribution < 1.29 is 9.90 Å². The molecule has 1 aromatic carbocycles. The zero-order chi connectivity index (χ0) is 12.1. The van der Waals surface area contributed by atoms with Crippen LogP contribution in [-0.2, 0) is 4.79 Å². The van der Waals surface area contributed by atoms with Crippen LogP contribution in [0.1, 0.15) is 38.2 Å². The standard InChI is InChI=1S/C13H17ClO2/c1-3-4-9(2)12(13(15)16)10-5-7-11(14)8-6-10/h5-9,12H,3-4H2,1-2H3,(H,15,16). The Bertz CT molecular complexity index is 345. The fourth-order valence-corrected chi connectivity index (χ4v) is 2.13. The lowest BCUT2D eigenvalue weighted by molar-refractivity contribution is -0.140. The molecule has 0 spiro atoms. The molecule has 1 rings (SSSR count). The zero-order valence-corrected chi connectivity index (χ0v) is 10.4. The fraction of sp³-hybridized carbons (Fsp3) is 0.462. The van der Waals surface area contributed by atoms with Crippen LogP contribution in [0.5, 0.6) is 0 Å². The van der Waals surface area contributed by atoms with Gasteiger partial charge >= 0.3 is 5.97 Å². The molecule has 2 unspecified atom stereocenters. The van der Waals surface area contributed by atoms with Crippen LogP contribution >= 0.6 is 11.6 Å². The molecule has 2 atom stereocenters. The van der Waals surface area contributed by atoms with Crippen LogP contribution in [0, 0.1) is 5.92 Å². The second kappa shape index (κ2) is 5.90. The number of halogens is 1. The molecule has 0 aliphatic carbocycles. The van der Waals surface area contributed by atoms with Crippen LogP contribution in [0.25, 0.3) is 0 Å². The molecule has 0 amide bonds. The molecule has 0 radical (unpaired) electrons. The van der Waals surface area contributed by atoms with E-state index in [0.717, 1.165) is 18.4 Å². The quantitative estimate of drug-likeness (QED) is 0.846. The second-order valence-corrected chi connectivity index (χ2v) is 4.57. The lowest BCUT2D eigenvalue weighted by Gasteiger charge is -2.20. The van der Waals surface area contributed by atoms with Gasteiger partial charge < -0.3 is 5.11 Å². The Morgan fingerprint density at radius 3 is 2.38 bits per heavy atom. The van der Waals surface area contributed by atoms with Crippen molar-refractivity contribution in [2.75, 3.05) is 0 Å². The van der Waals surface area contributed by atoms with Gasteiger partial charge in [0.25, 0.3) is 0 Å². The maximum absolute atomic E-state index is 11.3.